The second-order valence-electron chi connectivity index (χ2n) is 4.00. The second kappa shape index (κ2) is 6.12. The molecule has 2 aromatic carbocycles. The fraction of sp³-hybridized carbons (Fsp3) is 0.200. The van der Waals surface area contributed by atoms with E-state index in [1.165, 1.54) is 0 Å². The molecule has 0 aromatic heterocycles. The van der Waals surface area contributed by atoms with Gasteiger partial charge in [0.15, 0.2) is 0 Å². The largest absolute Gasteiger partial charge is 0.487 e. The van der Waals surface area contributed by atoms with E-state index < -0.39 is 0 Å². The van der Waals surface area contributed by atoms with Gasteiger partial charge in [0.2, 0.25) is 0 Å². The first-order valence-corrected chi connectivity index (χ1v) is 6.61. The molecule has 3 heteroatoms. The van der Waals surface area contributed by atoms with E-state index in [0.717, 1.165) is 17.5 Å². The van der Waals surface area contributed by atoms with Gasteiger partial charge in [-0.2, -0.15) is 0 Å². The smallest absolute Gasteiger partial charge is 0.138 e. The molecule has 0 spiro atoms. The first-order valence-electron chi connectivity index (χ1n) is 5.85. The zero-order valence-corrected chi connectivity index (χ0v) is 11.6. The van der Waals surface area contributed by atoms with Crippen molar-refractivity contribution in [2.24, 2.45) is 0 Å². The molecule has 0 amide bonds. The van der Waals surface area contributed by atoms with Gasteiger partial charge in [-0.3, -0.25) is 0 Å². The molecule has 0 saturated heterocycles. The normalized spacial score (nSPS) is 10.4. The summed E-state index contributed by atoms with van der Waals surface area (Å²) in [5.41, 5.74) is 2.16. The van der Waals surface area contributed by atoms with Gasteiger partial charge in [-0.15, -0.1) is 0 Å². The summed E-state index contributed by atoms with van der Waals surface area (Å²) in [6, 6.07) is 13.6. The molecule has 94 valence electrons. The van der Waals surface area contributed by atoms with Gasteiger partial charge in [0.05, 0.1) is 5.02 Å². The molecule has 0 radical (unpaired) electrons. The summed E-state index contributed by atoms with van der Waals surface area (Å²) in [5.74, 6) is 0.682. The summed E-state index contributed by atoms with van der Waals surface area (Å²) in [6.07, 6.45) is 0.859. The van der Waals surface area contributed by atoms with E-state index in [9.17, 15) is 0 Å². The predicted molar refractivity (Wildman–Crippen MR) is 76.6 cm³/mol. The third-order valence-corrected chi connectivity index (χ3v) is 3.37. The van der Waals surface area contributed by atoms with E-state index in [2.05, 4.69) is 6.92 Å². The van der Waals surface area contributed by atoms with Gasteiger partial charge < -0.3 is 4.74 Å². The van der Waals surface area contributed by atoms with Crippen molar-refractivity contribution in [2.45, 2.75) is 20.0 Å². The summed E-state index contributed by atoms with van der Waals surface area (Å²) in [6.45, 7) is 2.56. The average molecular weight is 281 g/mol. The van der Waals surface area contributed by atoms with Gasteiger partial charge in [0.25, 0.3) is 0 Å². The number of hydrogen-bond acceptors (Lipinski definition) is 1. The molecular formula is C15H14Cl2O. The highest BCUT2D eigenvalue weighted by Crippen LogP contribution is 2.31. The predicted octanol–water partition coefficient (Wildman–Crippen LogP) is 5.13. The number of aryl methyl sites for hydroxylation is 1. The number of ether oxygens (including phenoxy) is 1. The highest BCUT2D eigenvalue weighted by atomic mass is 35.5. The molecule has 0 aliphatic carbocycles. The fourth-order valence-electron chi connectivity index (χ4n) is 1.69. The lowest BCUT2D eigenvalue weighted by Gasteiger charge is -2.11. The molecule has 0 bridgehead atoms. The van der Waals surface area contributed by atoms with E-state index in [-0.39, 0.29) is 0 Å². The molecule has 0 aliphatic rings. The molecule has 0 heterocycles. The van der Waals surface area contributed by atoms with Crippen LogP contribution in [0.2, 0.25) is 10.0 Å². The van der Waals surface area contributed by atoms with Crippen molar-refractivity contribution >= 4 is 23.2 Å². The molecule has 2 aromatic rings. The minimum Gasteiger partial charge on any atom is -0.487 e. The minimum absolute atomic E-state index is 0.505. The average Bonchev–Trinajstić information content (AvgIpc) is 2.39. The molecule has 0 fully saturated rings. The van der Waals surface area contributed by atoms with Gasteiger partial charge in [0, 0.05) is 5.02 Å². The summed E-state index contributed by atoms with van der Waals surface area (Å²) < 4.78 is 5.73. The summed E-state index contributed by atoms with van der Waals surface area (Å²) in [4.78, 5) is 0. The first kappa shape index (κ1) is 13.3. The van der Waals surface area contributed by atoms with Gasteiger partial charge in [0.1, 0.15) is 12.4 Å². The third-order valence-electron chi connectivity index (χ3n) is 2.72. The van der Waals surface area contributed by atoms with Crippen LogP contribution in [0.1, 0.15) is 18.1 Å². The molecule has 18 heavy (non-hydrogen) atoms. The van der Waals surface area contributed by atoms with Crippen LogP contribution in [0.25, 0.3) is 0 Å². The molecule has 0 atom stereocenters. The van der Waals surface area contributed by atoms with Gasteiger partial charge in [-0.25, -0.2) is 0 Å². The maximum absolute atomic E-state index is 6.12. The van der Waals surface area contributed by atoms with E-state index in [1.807, 2.05) is 36.4 Å². The van der Waals surface area contributed by atoms with Crippen molar-refractivity contribution in [2.75, 3.05) is 0 Å². The van der Waals surface area contributed by atoms with Crippen LogP contribution in [0.4, 0.5) is 0 Å². The van der Waals surface area contributed by atoms with E-state index in [1.54, 1.807) is 6.07 Å². The fourth-order valence-corrected chi connectivity index (χ4v) is 2.26. The van der Waals surface area contributed by atoms with Crippen LogP contribution >= 0.6 is 23.2 Å². The molecule has 0 unspecified atom stereocenters. The maximum Gasteiger partial charge on any atom is 0.138 e. The Morgan fingerprint density at radius 2 is 1.72 bits per heavy atom. The Morgan fingerprint density at radius 3 is 2.39 bits per heavy atom. The van der Waals surface area contributed by atoms with Crippen molar-refractivity contribution in [3.05, 3.63) is 63.6 Å². The summed E-state index contributed by atoms with van der Waals surface area (Å²) >= 11 is 12.2. The minimum atomic E-state index is 0.505. The lowest BCUT2D eigenvalue weighted by atomic mass is 10.1. The Hall–Kier alpha value is -1.18. The van der Waals surface area contributed by atoms with Gasteiger partial charge in [-0.05, 0) is 29.7 Å². The zero-order valence-electron chi connectivity index (χ0n) is 10.1. The monoisotopic (exact) mass is 280 g/mol. The lowest BCUT2D eigenvalue weighted by molar-refractivity contribution is 0.306. The van der Waals surface area contributed by atoms with Gasteiger partial charge >= 0.3 is 0 Å². The quantitative estimate of drug-likeness (QED) is 0.754. The molecular weight excluding hydrogens is 267 g/mol. The Labute approximate surface area is 117 Å². The van der Waals surface area contributed by atoms with Crippen LogP contribution in [-0.2, 0) is 13.0 Å². The van der Waals surface area contributed by atoms with E-state index >= 15 is 0 Å². The Balaban J connectivity index is 2.14. The Kier molecular flexibility index (Phi) is 4.51. The summed E-state index contributed by atoms with van der Waals surface area (Å²) in [5, 5.41) is 1.24. The van der Waals surface area contributed by atoms with E-state index in [4.69, 9.17) is 27.9 Å². The highest BCUT2D eigenvalue weighted by Gasteiger charge is 2.07. The van der Waals surface area contributed by atoms with Crippen molar-refractivity contribution in [3.8, 4) is 5.75 Å². The van der Waals surface area contributed by atoms with Crippen LogP contribution in [0, 0.1) is 0 Å². The Morgan fingerprint density at radius 1 is 1.00 bits per heavy atom. The van der Waals surface area contributed by atoms with Crippen molar-refractivity contribution in [3.63, 3.8) is 0 Å². The number of benzene rings is 2. The standard InChI is InChI=1S/C15H14Cl2O/c1-2-12-8-15(14(17)9-13(12)16)18-10-11-6-4-3-5-7-11/h3-9H,2,10H2,1H3. The van der Waals surface area contributed by atoms with Gasteiger partial charge in [-0.1, -0.05) is 60.5 Å². The molecule has 0 N–H and O–H groups in total. The zero-order chi connectivity index (χ0) is 13.0. The number of halogens is 2. The molecule has 0 aliphatic heterocycles. The van der Waals surface area contributed by atoms with Crippen molar-refractivity contribution < 1.29 is 4.74 Å². The van der Waals surface area contributed by atoms with Crippen LogP contribution in [0.5, 0.6) is 5.75 Å². The summed E-state index contributed by atoms with van der Waals surface area (Å²) in [7, 11) is 0. The molecule has 2 rings (SSSR count). The number of rotatable bonds is 4. The van der Waals surface area contributed by atoms with Crippen LogP contribution in [-0.4, -0.2) is 0 Å². The van der Waals surface area contributed by atoms with Crippen molar-refractivity contribution in [1.29, 1.82) is 0 Å². The SMILES string of the molecule is CCc1cc(OCc2ccccc2)c(Cl)cc1Cl. The lowest BCUT2D eigenvalue weighted by Crippen LogP contribution is -1.97. The molecule has 1 nitrogen and oxygen atoms in total. The topological polar surface area (TPSA) is 9.23 Å². The van der Waals surface area contributed by atoms with Crippen LogP contribution in [0.15, 0.2) is 42.5 Å². The first-order chi connectivity index (χ1) is 8.70. The molecule has 0 saturated carbocycles. The third kappa shape index (κ3) is 3.18. The maximum atomic E-state index is 6.12. The van der Waals surface area contributed by atoms with E-state index in [0.29, 0.717) is 22.4 Å². The Bertz CT molecular complexity index is 524. The van der Waals surface area contributed by atoms with Crippen LogP contribution < -0.4 is 4.74 Å². The van der Waals surface area contributed by atoms with Crippen LogP contribution in [0.3, 0.4) is 0 Å². The number of hydrogen-bond donors (Lipinski definition) is 0. The van der Waals surface area contributed by atoms with Crippen molar-refractivity contribution in [1.82, 2.24) is 0 Å². The second-order valence-corrected chi connectivity index (χ2v) is 4.82. The highest BCUT2D eigenvalue weighted by molar-refractivity contribution is 6.36.